The fourth-order valence-corrected chi connectivity index (χ4v) is 2.32. The van der Waals surface area contributed by atoms with Crippen molar-refractivity contribution in [1.29, 1.82) is 0 Å². The van der Waals surface area contributed by atoms with Crippen molar-refractivity contribution in [2.45, 2.75) is 33.4 Å². The molecule has 0 saturated heterocycles. The zero-order chi connectivity index (χ0) is 16.4. The van der Waals surface area contributed by atoms with Gasteiger partial charge < -0.3 is 4.57 Å². The van der Waals surface area contributed by atoms with Crippen LogP contribution < -0.4 is 11.2 Å². The highest BCUT2D eigenvalue weighted by atomic mass is 16.2. The summed E-state index contributed by atoms with van der Waals surface area (Å²) in [5.41, 5.74) is -0.0736. The number of aryl methyl sites for hydroxylation is 1. The lowest BCUT2D eigenvalue weighted by Crippen LogP contribution is -2.40. The van der Waals surface area contributed by atoms with E-state index in [1.54, 1.807) is 24.6 Å². The number of aromatic nitrogens is 4. The number of allylic oxidation sites excluding steroid dienone is 1. The second kappa shape index (κ2) is 6.13. The Morgan fingerprint density at radius 3 is 2.73 bits per heavy atom. The molecule has 1 unspecified atom stereocenters. The van der Waals surface area contributed by atoms with Gasteiger partial charge >= 0.3 is 5.69 Å². The minimum atomic E-state index is -0.419. The van der Waals surface area contributed by atoms with Crippen LogP contribution in [0.25, 0.3) is 11.2 Å². The molecule has 1 atom stereocenters. The Morgan fingerprint density at radius 2 is 2.14 bits per heavy atom. The zero-order valence-electron chi connectivity index (χ0n) is 13.1. The normalized spacial score (nSPS) is 12.5. The van der Waals surface area contributed by atoms with Gasteiger partial charge in [0.05, 0.1) is 6.33 Å². The standard InChI is InChI=1S/C15H20N4O3/c1-5-7-18-9-16-13-12(18)14(21)19(15(22)17(13)4)8-6-10(2)11(3)20/h5,9-10H,1,6-8H2,2-4H3. The lowest BCUT2D eigenvalue weighted by atomic mass is 10.0. The van der Waals surface area contributed by atoms with Crippen LogP contribution in [0.3, 0.4) is 0 Å². The van der Waals surface area contributed by atoms with Gasteiger partial charge in [-0.3, -0.25) is 18.7 Å². The number of rotatable bonds is 6. The molecule has 2 heterocycles. The van der Waals surface area contributed by atoms with Gasteiger partial charge in [-0.2, -0.15) is 0 Å². The number of carbonyl (C=O) groups is 1. The molecule has 0 aromatic carbocycles. The van der Waals surface area contributed by atoms with E-state index in [0.29, 0.717) is 24.1 Å². The van der Waals surface area contributed by atoms with E-state index in [1.165, 1.54) is 22.4 Å². The van der Waals surface area contributed by atoms with E-state index in [4.69, 9.17) is 0 Å². The van der Waals surface area contributed by atoms with Gasteiger partial charge in [0.2, 0.25) is 0 Å². The monoisotopic (exact) mass is 304 g/mol. The molecule has 22 heavy (non-hydrogen) atoms. The predicted molar refractivity (Wildman–Crippen MR) is 83.9 cm³/mol. The van der Waals surface area contributed by atoms with Gasteiger partial charge in [0.1, 0.15) is 5.78 Å². The Bertz CT molecular complexity index is 841. The van der Waals surface area contributed by atoms with E-state index in [-0.39, 0.29) is 23.8 Å². The number of nitrogens with zero attached hydrogens (tertiary/aromatic N) is 4. The number of ketones is 1. The van der Waals surface area contributed by atoms with E-state index in [2.05, 4.69) is 11.6 Å². The minimum absolute atomic E-state index is 0.0441. The molecule has 0 N–H and O–H groups in total. The van der Waals surface area contributed by atoms with E-state index >= 15 is 0 Å². The topological polar surface area (TPSA) is 78.9 Å². The highest BCUT2D eigenvalue weighted by molar-refractivity contribution is 5.77. The number of carbonyl (C=O) groups excluding carboxylic acids is 1. The third kappa shape index (κ3) is 2.66. The maximum absolute atomic E-state index is 12.6. The third-order valence-electron chi connectivity index (χ3n) is 3.91. The summed E-state index contributed by atoms with van der Waals surface area (Å²) in [6.45, 7) is 7.60. The molecule has 0 aliphatic heterocycles. The average Bonchev–Trinajstić information content (AvgIpc) is 2.89. The molecule has 0 amide bonds. The quantitative estimate of drug-likeness (QED) is 0.736. The summed E-state index contributed by atoms with van der Waals surface area (Å²) in [6.07, 6.45) is 3.63. The summed E-state index contributed by atoms with van der Waals surface area (Å²) in [7, 11) is 1.58. The third-order valence-corrected chi connectivity index (χ3v) is 3.91. The number of fused-ring (bicyclic) bond motifs is 1. The summed E-state index contributed by atoms with van der Waals surface area (Å²) in [5, 5.41) is 0. The largest absolute Gasteiger partial charge is 0.332 e. The molecule has 0 bridgehead atoms. The van der Waals surface area contributed by atoms with Crippen LogP contribution in [0, 0.1) is 5.92 Å². The first-order chi connectivity index (χ1) is 10.4. The van der Waals surface area contributed by atoms with Crippen molar-refractivity contribution in [3.8, 4) is 0 Å². The maximum Gasteiger partial charge on any atom is 0.332 e. The Labute approximate surface area is 127 Å². The van der Waals surface area contributed by atoms with Crippen LogP contribution in [-0.4, -0.2) is 24.5 Å². The number of hydrogen-bond donors (Lipinski definition) is 0. The van der Waals surface area contributed by atoms with Crippen molar-refractivity contribution in [3.63, 3.8) is 0 Å². The van der Waals surface area contributed by atoms with Crippen molar-refractivity contribution in [3.05, 3.63) is 39.8 Å². The highest BCUT2D eigenvalue weighted by Gasteiger charge is 2.17. The maximum atomic E-state index is 12.6. The van der Waals surface area contributed by atoms with Crippen molar-refractivity contribution in [1.82, 2.24) is 18.7 Å². The van der Waals surface area contributed by atoms with Crippen LogP contribution in [0.1, 0.15) is 20.3 Å². The van der Waals surface area contributed by atoms with E-state index in [1.807, 2.05) is 0 Å². The molecule has 2 aromatic rings. The van der Waals surface area contributed by atoms with Crippen molar-refractivity contribution in [2.75, 3.05) is 0 Å². The summed E-state index contributed by atoms with van der Waals surface area (Å²) in [5.74, 6) is -0.145. The van der Waals surface area contributed by atoms with Crippen LogP contribution in [0.2, 0.25) is 0 Å². The van der Waals surface area contributed by atoms with E-state index in [9.17, 15) is 14.4 Å². The van der Waals surface area contributed by atoms with Gasteiger partial charge in [-0.25, -0.2) is 9.78 Å². The van der Waals surface area contributed by atoms with Crippen LogP contribution in [-0.2, 0) is 24.9 Å². The molecule has 0 fully saturated rings. The molecule has 7 nitrogen and oxygen atoms in total. The van der Waals surface area contributed by atoms with Gasteiger partial charge in [-0.05, 0) is 13.3 Å². The Morgan fingerprint density at radius 1 is 1.45 bits per heavy atom. The summed E-state index contributed by atoms with van der Waals surface area (Å²) < 4.78 is 4.19. The molecule has 0 radical (unpaired) electrons. The number of Topliss-reactive ketones (excluding diaryl/α,β-unsaturated/α-hetero) is 1. The molecule has 0 aliphatic rings. The van der Waals surface area contributed by atoms with Crippen molar-refractivity contribution in [2.24, 2.45) is 13.0 Å². The first-order valence-electron chi connectivity index (χ1n) is 7.14. The van der Waals surface area contributed by atoms with Crippen LogP contribution >= 0.6 is 0 Å². The molecule has 2 rings (SSSR count). The van der Waals surface area contributed by atoms with E-state index in [0.717, 1.165) is 0 Å². The average molecular weight is 304 g/mol. The first-order valence-corrected chi connectivity index (χ1v) is 7.14. The fraction of sp³-hybridized carbons (Fsp3) is 0.467. The van der Waals surface area contributed by atoms with Gasteiger partial charge in [-0.1, -0.05) is 13.0 Å². The number of imidazole rings is 1. The second-order valence-electron chi connectivity index (χ2n) is 5.46. The predicted octanol–water partition coefficient (Wildman–Crippen LogP) is 0.698. The molecule has 0 saturated carbocycles. The second-order valence-corrected chi connectivity index (χ2v) is 5.46. The molecule has 0 aliphatic carbocycles. The lowest BCUT2D eigenvalue weighted by Gasteiger charge is -2.11. The Kier molecular flexibility index (Phi) is 4.44. The highest BCUT2D eigenvalue weighted by Crippen LogP contribution is 2.07. The summed E-state index contributed by atoms with van der Waals surface area (Å²) >= 11 is 0. The minimum Gasteiger partial charge on any atom is -0.321 e. The van der Waals surface area contributed by atoms with Crippen LogP contribution in [0.5, 0.6) is 0 Å². The molecule has 7 heteroatoms. The molecule has 0 spiro atoms. The Hall–Kier alpha value is -2.44. The molecular formula is C15H20N4O3. The summed E-state index contributed by atoms with van der Waals surface area (Å²) in [4.78, 5) is 40.4. The smallest absolute Gasteiger partial charge is 0.321 e. The fourth-order valence-electron chi connectivity index (χ4n) is 2.32. The van der Waals surface area contributed by atoms with Crippen LogP contribution in [0.4, 0.5) is 0 Å². The van der Waals surface area contributed by atoms with Gasteiger partial charge in [0, 0.05) is 26.1 Å². The van der Waals surface area contributed by atoms with Gasteiger partial charge in [-0.15, -0.1) is 6.58 Å². The lowest BCUT2D eigenvalue weighted by molar-refractivity contribution is -0.120. The number of hydrogen-bond acceptors (Lipinski definition) is 4. The summed E-state index contributed by atoms with van der Waals surface area (Å²) in [6, 6.07) is 0. The van der Waals surface area contributed by atoms with Crippen molar-refractivity contribution < 1.29 is 4.79 Å². The molecule has 118 valence electrons. The Balaban J connectivity index is 2.57. The van der Waals surface area contributed by atoms with Gasteiger partial charge in [0.25, 0.3) is 5.56 Å². The molecular weight excluding hydrogens is 284 g/mol. The van der Waals surface area contributed by atoms with Gasteiger partial charge in [0.15, 0.2) is 11.2 Å². The van der Waals surface area contributed by atoms with Crippen LogP contribution in [0.15, 0.2) is 28.6 Å². The first kappa shape index (κ1) is 15.9. The SMILES string of the molecule is C=CCn1cnc2c1c(=O)n(CCC(C)C(C)=O)c(=O)n2C. The van der Waals surface area contributed by atoms with E-state index < -0.39 is 5.69 Å². The zero-order valence-corrected chi connectivity index (χ0v) is 13.1. The van der Waals surface area contributed by atoms with Crippen molar-refractivity contribution >= 4 is 16.9 Å². The molecule has 2 aromatic heterocycles.